The van der Waals surface area contributed by atoms with Crippen molar-refractivity contribution in [3.05, 3.63) is 0 Å². The summed E-state index contributed by atoms with van der Waals surface area (Å²) in [6, 6.07) is 0. The molecule has 1 rings (SSSR count). The van der Waals surface area contributed by atoms with Gasteiger partial charge in [0.15, 0.2) is 0 Å². The molecular formula is C13H27NO. The lowest BCUT2D eigenvalue weighted by Gasteiger charge is -2.48. The van der Waals surface area contributed by atoms with Crippen LogP contribution in [0.3, 0.4) is 0 Å². The highest BCUT2D eigenvalue weighted by Gasteiger charge is 2.37. The van der Waals surface area contributed by atoms with E-state index in [9.17, 15) is 5.11 Å². The molecule has 0 saturated carbocycles. The molecule has 0 spiro atoms. The molecule has 0 aromatic carbocycles. The van der Waals surface area contributed by atoms with E-state index in [0.29, 0.717) is 12.5 Å². The van der Waals surface area contributed by atoms with Crippen molar-refractivity contribution in [1.29, 1.82) is 0 Å². The average Bonchev–Trinajstić information content (AvgIpc) is 2.15. The largest absolute Gasteiger partial charge is 0.396 e. The molecule has 0 aromatic heterocycles. The van der Waals surface area contributed by atoms with E-state index >= 15 is 0 Å². The first-order valence-electron chi connectivity index (χ1n) is 6.34. The number of hydrogen-bond acceptors (Lipinski definition) is 2. The highest BCUT2D eigenvalue weighted by atomic mass is 16.3. The predicted molar refractivity (Wildman–Crippen MR) is 64.9 cm³/mol. The minimum absolute atomic E-state index is 0.182. The molecule has 1 aliphatic heterocycles. The topological polar surface area (TPSA) is 23.5 Å². The second kappa shape index (κ2) is 5.31. The summed E-state index contributed by atoms with van der Waals surface area (Å²) in [6.07, 6.45) is 3.69. The van der Waals surface area contributed by atoms with Crippen LogP contribution in [0.15, 0.2) is 0 Å². The van der Waals surface area contributed by atoms with Crippen LogP contribution in [0, 0.1) is 11.8 Å². The van der Waals surface area contributed by atoms with Crippen molar-refractivity contribution in [3.8, 4) is 0 Å². The van der Waals surface area contributed by atoms with Crippen molar-refractivity contribution in [2.45, 2.75) is 52.5 Å². The van der Waals surface area contributed by atoms with Crippen LogP contribution in [-0.4, -0.2) is 35.2 Å². The van der Waals surface area contributed by atoms with E-state index in [1.807, 2.05) is 0 Å². The fraction of sp³-hybridized carbons (Fsp3) is 1.00. The number of piperidine rings is 1. The maximum atomic E-state index is 9.40. The molecule has 1 saturated heterocycles. The van der Waals surface area contributed by atoms with Crippen molar-refractivity contribution >= 4 is 0 Å². The lowest BCUT2D eigenvalue weighted by atomic mass is 9.79. The van der Waals surface area contributed by atoms with E-state index in [2.05, 4.69) is 32.6 Å². The lowest BCUT2D eigenvalue weighted by molar-refractivity contribution is -0.00663. The number of hydrogen-bond donors (Lipinski definition) is 1. The molecule has 0 amide bonds. The lowest BCUT2D eigenvalue weighted by Crippen LogP contribution is -2.54. The Balaban J connectivity index is 2.54. The SMILES string of the molecule is CC(C)CCN1CCCC(CO)C1(C)C. The molecule has 1 N–H and O–H groups in total. The van der Waals surface area contributed by atoms with Gasteiger partial charge in [-0.25, -0.2) is 0 Å². The Morgan fingerprint density at radius 1 is 1.40 bits per heavy atom. The molecule has 90 valence electrons. The molecule has 1 heterocycles. The van der Waals surface area contributed by atoms with E-state index in [1.165, 1.54) is 32.4 Å². The third-order valence-corrected chi connectivity index (χ3v) is 3.99. The molecule has 2 nitrogen and oxygen atoms in total. The molecule has 0 aliphatic carbocycles. The van der Waals surface area contributed by atoms with Crippen molar-refractivity contribution < 1.29 is 5.11 Å². The summed E-state index contributed by atoms with van der Waals surface area (Å²) < 4.78 is 0. The zero-order valence-corrected chi connectivity index (χ0v) is 10.8. The summed E-state index contributed by atoms with van der Waals surface area (Å²) in [5.41, 5.74) is 0.182. The van der Waals surface area contributed by atoms with Crippen molar-refractivity contribution in [1.82, 2.24) is 4.90 Å². The fourth-order valence-corrected chi connectivity index (χ4v) is 2.56. The van der Waals surface area contributed by atoms with E-state index in [1.54, 1.807) is 0 Å². The summed E-state index contributed by atoms with van der Waals surface area (Å²) in [4.78, 5) is 2.57. The monoisotopic (exact) mass is 213 g/mol. The van der Waals surface area contributed by atoms with Crippen molar-refractivity contribution in [3.63, 3.8) is 0 Å². The molecule has 1 unspecified atom stereocenters. The quantitative estimate of drug-likeness (QED) is 0.775. The normalized spacial score (nSPS) is 27.2. The highest BCUT2D eigenvalue weighted by Crippen LogP contribution is 2.33. The van der Waals surface area contributed by atoms with Gasteiger partial charge in [0, 0.05) is 12.1 Å². The summed E-state index contributed by atoms with van der Waals surface area (Å²) in [5, 5.41) is 9.40. The Kier molecular flexibility index (Phi) is 4.60. The van der Waals surface area contributed by atoms with Crippen LogP contribution in [0.25, 0.3) is 0 Å². The number of likely N-dealkylation sites (tertiary alicyclic amines) is 1. The van der Waals surface area contributed by atoms with Crippen LogP contribution in [0.4, 0.5) is 0 Å². The van der Waals surface area contributed by atoms with Gasteiger partial charge in [-0.3, -0.25) is 4.90 Å². The Labute approximate surface area is 94.7 Å². The van der Waals surface area contributed by atoms with E-state index in [-0.39, 0.29) is 5.54 Å². The number of aliphatic hydroxyl groups excluding tert-OH is 1. The minimum atomic E-state index is 0.182. The summed E-state index contributed by atoms with van der Waals surface area (Å²) in [7, 11) is 0. The first kappa shape index (κ1) is 13.0. The molecule has 15 heavy (non-hydrogen) atoms. The summed E-state index contributed by atoms with van der Waals surface area (Å²) >= 11 is 0. The molecular weight excluding hydrogens is 186 g/mol. The minimum Gasteiger partial charge on any atom is -0.396 e. The maximum Gasteiger partial charge on any atom is 0.0476 e. The smallest absolute Gasteiger partial charge is 0.0476 e. The highest BCUT2D eigenvalue weighted by molar-refractivity contribution is 4.92. The zero-order chi connectivity index (χ0) is 11.5. The van der Waals surface area contributed by atoms with Gasteiger partial charge in [-0.1, -0.05) is 13.8 Å². The van der Waals surface area contributed by atoms with Gasteiger partial charge in [0.2, 0.25) is 0 Å². The second-order valence-corrected chi connectivity index (χ2v) is 5.84. The Hall–Kier alpha value is -0.0800. The molecule has 2 heteroatoms. The number of aliphatic hydroxyl groups is 1. The van der Waals surface area contributed by atoms with Gasteiger partial charge in [-0.05, 0) is 58.0 Å². The molecule has 0 bridgehead atoms. The number of rotatable bonds is 4. The predicted octanol–water partition coefficient (Wildman–Crippen LogP) is 2.52. The Bertz CT molecular complexity index is 189. The third kappa shape index (κ3) is 3.18. The standard InChI is InChI=1S/C13H27NO/c1-11(2)7-9-14-8-5-6-12(10-15)13(14,3)4/h11-12,15H,5-10H2,1-4H3. The van der Waals surface area contributed by atoms with Gasteiger partial charge in [-0.15, -0.1) is 0 Å². The summed E-state index contributed by atoms with van der Waals surface area (Å²) in [5.74, 6) is 1.23. The van der Waals surface area contributed by atoms with Crippen LogP contribution in [0.5, 0.6) is 0 Å². The van der Waals surface area contributed by atoms with E-state index < -0.39 is 0 Å². The van der Waals surface area contributed by atoms with E-state index in [4.69, 9.17) is 0 Å². The van der Waals surface area contributed by atoms with Crippen molar-refractivity contribution in [2.75, 3.05) is 19.7 Å². The Morgan fingerprint density at radius 3 is 2.60 bits per heavy atom. The molecule has 0 aromatic rings. The van der Waals surface area contributed by atoms with Gasteiger partial charge in [-0.2, -0.15) is 0 Å². The van der Waals surface area contributed by atoms with E-state index in [0.717, 1.165) is 5.92 Å². The molecule has 1 fully saturated rings. The van der Waals surface area contributed by atoms with Gasteiger partial charge in [0.05, 0.1) is 0 Å². The van der Waals surface area contributed by atoms with Gasteiger partial charge in [0.1, 0.15) is 0 Å². The number of nitrogens with zero attached hydrogens (tertiary/aromatic N) is 1. The van der Waals surface area contributed by atoms with Crippen LogP contribution in [0.2, 0.25) is 0 Å². The Morgan fingerprint density at radius 2 is 2.07 bits per heavy atom. The van der Waals surface area contributed by atoms with Crippen molar-refractivity contribution in [2.24, 2.45) is 11.8 Å². The zero-order valence-electron chi connectivity index (χ0n) is 10.8. The third-order valence-electron chi connectivity index (χ3n) is 3.99. The van der Waals surface area contributed by atoms with Gasteiger partial charge >= 0.3 is 0 Å². The molecule has 1 atom stereocenters. The van der Waals surface area contributed by atoms with Crippen LogP contribution < -0.4 is 0 Å². The second-order valence-electron chi connectivity index (χ2n) is 5.84. The van der Waals surface area contributed by atoms with Crippen LogP contribution >= 0.6 is 0 Å². The fourth-order valence-electron chi connectivity index (χ4n) is 2.56. The molecule has 0 radical (unpaired) electrons. The van der Waals surface area contributed by atoms with Crippen LogP contribution in [-0.2, 0) is 0 Å². The summed E-state index contributed by atoms with van der Waals surface area (Å²) in [6.45, 7) is 11.9. The maximum absolute atomic E-state index is 9.40. The first-order chi connectivity index (χ1) is 6.98. The van der Waals surface area contributed by atoms with Gasteiger partial charge in [0.25, 0.3) is 0 Å². The van der Waals surface area contributed by atoms with Gasteiger partial charge < -0.3 is 5.11 Å². The molecule has 1 aliphatic rings. The first-order valence-corrected chi connectivity index (χ1v) is 6.34. The van der Waals surface area contributed by atoms with Crippen LogP contribution in [0.1, 0.15) is 47.0 Å². The average molecular weight is 213 g/mol.